The molecule has 0 bridgehead atoms. The largest absolute Gasteiger partial charge is 0.383 e. The third-order valence-electron chi connectivity index (χ3n) is 1.69. The highest BCUT2D eigenvalue weighted by atomic mass is 15.0. The Morgan fingerprint density at radius 3 is 1.00 bits per heavy atom. The Bertz CT molecular complexity index is 189. The Balaban J connectivity index is 4.45. The summed E-state index contributed by atoms with van der Waals surface area (Å²) in [4.78, 5) is 0. The van der Waals surface area contributed by atoms with Gasteiger partial charge in [0.05, 0.1) is 0 Å². The van der Waals surface area contributed by atoms with Crippen LogP contribution in [-0.4, -0.2) is 11.1 Å². The quantitative estimate of drug-likeness (QED) is 0.712. The Hall–Kier alpha value is -0.660. The highest BCUT2D eigenvalue weighted by molar-refractivity contribution is 5.09. The molecule has 0 aliphatic heterocycles. The molecule has 0 aliphatic rings. The summed E-state index contributed by atoms with van der Waals surface area (Å²) < 4.78 is 0. The van der Waals surface area contributed by atoms with Crippen LogP contribution in [0.3, 0.4) is 0 Å². The standard InChI is InChI=1S/C12H26N2/c1-9(13-11(3,4)5)10(2)14-12(6,7)8/h13-14H,1-8H3/b10-9-. The van der Waals surface area contributed by atoms with Gasteiger partial charge in [0.25, 0.3) is 0 Å². The Morgan fingerprint density at radius 1 is 0.643 bits per heavy atom. The van der Waals surface area contributed by atoms with Crippen molar-refractivity contribution in [1.29, 1.82) is 0 Å². The molecule has 0 aliphatic carbocycles. The molecule has 0 fully saturated rings. The zero-order valence-corrected chi connectivity index (χ0v) is 11.0. The number of allylic oxidation sites excluding steroid dienone is 2. The smallest absolute Gasteiger partial charge is 0.0286 e. The van der Waals surface area contributed by atoms with E-state index in [1.54, 1.807) is 0 Å². The summed E-state index contributed by atoms with van der Waals surface area (Å²) in [5, 5.41) is 6.92. The summed E-state index contributed by atoms with van der Waals surface area (Å²) in [5.41, 5.74) is 2.69. The van der Waals surface area contributed by atoms with Gasteiger partial charge in [-0.05, 0) is 55.4 Å². The maximum absolute atomic E-state index is 3.46. The summed E-state index contributed by atoms with van der Waals surface area (Å²) in [6, 6.07) is 0. The first-order valence-corrected chi connectivity index (χ1v) is 5.25. The number of rotatable bonds is 2. The SMILES string of the molecule is C/C(NC(C)(C)C)=C(\C)NC(C)(C)C. The molecule has 0 aromatic heterocycles. The second-order valence-electron chi connectivity index (χ2n) is 6.00. The van der Waals surface area contributed by atoms with E-state index in [4.69, 9.17) is 0 Å². The maximum atomic E-state index is 3.46. The van der Waals surface area contributed by atoms with Gasteiger partial charge in [-0.2, -0.15) is 0 Å². The molecular formula is C12H26N2. The average Bonchev–Trinajstić information content (AvgIpc) is 1.78. The first kappa shape index (κ1) is 13.3. The number of hydrogen-bond acceptors (Lipinski definition) is 2. The van der Waals surface area contributed by atoms with E-state index in [2.05, 4.69) is 66.0 Å². The van der Waals surface area contributed by atoms with Crippen molar-refractivity contribution >= 4 is 0 Å². The molecule has 2 N–H and O–H groups in total. The van der Waals surface area contributed by atoms with Crippen LogP contribution in [0, 0.1) is 0 Å². The number of nitrogens with one attached hydrogen (secondary N) is 2. The predicted octanol–water partition coefficient (Wildman–Crippen LogP) is 3.01. The van der Waals surface area contributed by atoms with Gasteiger partial charge in [0.1, 0.15) is 0 Å². The van der Waals surface area contributed by atoms with Crippen molar-refractivity contribution in [3.05, 3.63) is 11.4 Å². The minimum Gasteiger partial charge on any atom is -0.383 e. The van der Waals surface area contributed by atoms with E-state index in [0.717, 1.165) is 0 Å². The molecule has 84 valence electrons. The molecule has 0 amide bonds. The van der Waals surface area contributed by atoms with Crippen molar-refractivity contribution in [2.75, 3.05) is 0 Å². The fourth-order valence-electron chi connectivity index (χ4n) is 1.31. The van der Waals surface area contributed by atoms with E-state index >= 15 is 0 Å². The van der Waals surface area contributed by atoms with Crippen LogP contribution in [0.4, 0.5) is 0 Å². The molecule has 0 aromatic carbocycles. The molecule has 0 aromatic rings. The molecule has 0 unspecified atom stereocenters. The van der Waals surface area contributed by atoms with Crippen LogP contribution in [0.2, 0.25) is 0 Å². The zero-order chi connectivity index (χ0) is 11.6. The normalized spacial score (nSPS) is 14.9. The van der Waals surface area contributed by atoms with Gasteiger partial charge in [-0.15, -0.1) is 0 Å². The van der Waals surface area contributed by atoms with Crippen LogP contribution in [0.1, 0.15) is 55.4 Å². The van der Waals surface area contributed by atoms with Crippen molar-refractivity contribution in [3.8, 4) is 0 Å². The van der Waals surface area contributed by atoms with Gasteiger partial charge in [0, 0.05) is 22.5 Å². The molecule has 2 nitrogen and oxygen atoms in total. The Labute approximate surface area is 89.2 Å². The summed E-state index contributed by atoms with van der Waals surface area (Å²) in [6.07, 6.45) is 0. The first-order valence-electron chi connectivity index (χ1n) is 5.25. The fraction of sp³-hybridized carbons (Fsp3) is 0.833. The predicted molar refractivity (Wildman–Crippen MR) is 64.2 cm³/mol. The monoisotopic (exact) mass is 198 g/mol. The van der Waals surface area contributed by atoms with Crippen LogP contribution < -0.4 is 10.6 Å². The lowest BCUT2D eigenvalue weighted by Crippen LogP contribution is -2.39. The molecule has 0 atom stereocenters. The van der Waals surface area contributed by atoms with E-state index in [1.165, 1.54) is 11.4 Å². The van der Waals surface area contributed by atoms with Gasteiger partial charge in [-0.25, -0.2) is 0 Å². The second kappa shape index (κ2) is 4.24. The number of hydrogen-bond donors (Lipinski definition) is 2. The fourth-order valence-corrected chi connectivity index (χ4v) is 1.31. The van der Waals surface area contributed by atoms with Crippen LogP contribution in [0.15, 0.2) is 11.4 Å². The highest BCUT2D eigenvalue weighted by Gasteiger charge is 2.13. The van der Waals surface area contributed by atoms with Gasteiger partial charge in [0.2, 0.25) is 0 Å². The molecule has 0 saturated heterocycles. The minimum absolute atomic E-state index is 0.130. The van der Waals surface area contributed by atoms with Crippen molar-refractivity contribution in [2.45, 2.75) is 66.5 Å². The van der Waals surface area contributed by atoms with E-state index in [9.17, 15) is 0 Å². The van der Waals surface area contributed by atoms with Crippen molar-refractivity contribution in [2.24, 2.45) is 0 Å². The van der Waals surface area contributed by atoms with Crippen LogP contribution in [-0.2, 0) is 0 Å². The van der Waals surface area contributed by atoms with Gasteiger partial charge in [0.15, 0.2) is 0 Å². The molecule has 0 saturated carbocycles. The van der Waals surface area contributed by atoms with Gasteiger partial charge in [-0.3, -0.25) is 0 Å². The Kier molecular flexibility index (Phi) is 4.04. The summed E-state index contributed by atoms with van der Waals surface area (Å²) in [6.45, 7) is 17.2. The van der Waals surface area contributed by atoms with Crippen LogP contribution in [0.5, 0.6) is 0 Å². The molecule has 2 heteroatoms. The third-order valence-corrected chi connectivity index (χ3v) is 1.69. The molecule has 0 rings (SSSR count). The Morgan fingerprint density at radius 2 is 0.857 bits per heavy atom. The maximum Gasteiger partial charge on any atom is 0.0286 e. The van der Waals surface area contributed by atoms with Crippen LogP contribution in [0.25, 0.3) is 0 Å². The lowest BCUT2D eigenvalue weighted by atomic mass is 10.1. The summed E-state index contributed by atoms with van der Waals surface area (Å²) >= 11 is 0. The lowest BCUT2D eigenvalue weighted by molar-refractivity contribution is 0.443. The van der Waals surface area contributed by atoms with E-state index < -0.39 is 0 Å². The van der Waals surface area contributed by atoms with E-state index in [-0.39, 0.29) is 11.1 Å². The second-order valence-corrected chi connectivity index (χ2v) is 6.00. The molecular weight excluding hydrogens is 172 g/mol. The topological polar surface area (TPSA) is 24.1 Å². The lowest BCUT2D eigenvalue weighted by Gasteiger charge is -2.28. The van der Waals surface area contributed by atoms with Gasteiger partial charge in [-0.1, -0.05) is 0 Å². The summed E-state index contributed by atoms with van der Waals surface area (Å²) in [5.74, 6) is 0. The van der Waals surface area contributed by atoms with Crippen molar-refractivity contribution < 1.29 is 0 Å². The van der Waals surface area contributed by atoms with Crippen LogP contribution >= 0.6 is 0 Å². The first-order chi connectivity index (χ1) is 6.01. The summed E-state index contributed by atoms with van der Waals surface area (Å²) in [7, 11) is 0. The van der Waals surface area contributed by atoms with Gasteiger partial charge >= 0.3 is 0 Å². The van der Waals surface area contributed by atoms with Gasteiger partial charge < -0.3 is 10.6 Å². The highest BCUT2D eigenvalue weighted by Crippen LogP contribution is 2.09. The van der Waals surface area contributed by atoms with E-state index in [0.29, 0.717) is 0 Å². The molecule has 0 spiro atoms. The molecule has 14 heavy (non-hydrogen) atoms. The minimum atomic E-state index is 0.130. The van der Waals surface area contributed by atoms with Crippen molar-refractivity contribution in [1.82, 2.24) is 10.6 Å². The zero-order valence-electron chi connectivity index (χ0n) is 11.0. The molecule has 0 radical (unpaired) electrons. The third kappa shape index (κ3) is 6.81. The molecule has 0 heterocycles. The van der Waals surface area contributed by atoms with Crippen molar-refractivity contribution in [3.63, 3.8) is 0 Å². The van der Waals surface area contributed by atoms with E-state index in [1.807, 2.05) is 0 Å². The average molecular weight is 198 g/mol.